The molecule has 0 aromatic heterocycles. The molecule has 1 aliphatic heterocycles. The van der Waals surface area contributed by atoms with Crippen LogP contribution in [0.4, 0.5) is 0 Å². The molecule has 1 aliphatic rings. The van der Waals surface area contributed by atoms with Crippen molar-refractivity contribution in [1.29, 1.82) is 0 Å². The molecule has 1 unspecified atom stereocenters. The van der Waals surface area contributed by atoms with Gasteiger partial charge in [-0.1, -0.05) is 0 Å². The lowest BCUT2D eigenvalue weighted by molar-refractivity contribution is -0.127. The van der Waals surface area contributed by atoms with Crippen molar-refractivity contribution in [3.8, 4) is 0 Å². The van der Waals surface area contributed by atoms with Crippen molar-refractivity contribution in [3.63, 3.8) is 0 Å². The van der Waals surface area contributed by atoms with E-state index in [9.17, 15) is 4.79 Å². The molecule has 0 aromatic rings. The van der Waals surface area contributed by atoms with Crippen LogP contribution in [0.25, 0.3) is 0 Å². The van der Waals surface area contributed by atoms with Crippen LogP contribution < -0.4 is 10.6 Å². The van der Waals surface area contributed by atoms with Crippen molar-refractivity contribution in [3.05, 3.63) is 0 Å². The lowest BCUT2D eigenvalue weighted by atomic mass is 9.99. The second kappa shape index (κ2) is 4.72. The third-order valence-electron chi connectivity index (χ3n) is 2.65. The van der Waals surface area contributed by atoms with E-state index in [2.05, 4.69) is 10.6 Å². The molecular formula is C9H18N2O3. The Morgan fingerprint density at radius 2 is 2.21 bits per heavy atom. The van der Waals surface area contributed by atoms with Crippen LogP contribution in [-0.2, 0) is 4.79 Å². The number of rotatable bonds is 4. The van der Waals surface area contributed by atoms with Crippen LogP contribution >= 0.6 is 0 Å². The maximum Gasteiger partial charge on any atom is 0.240 e. The average molecular weight is 202 g/mol. The van der Waals surface area contributed by atoms with Gasteiger partial charge in [-0.25, -0.2) is 0 Å². The van der Waals surface area contributed by atoms with Gasteiger partial charge in [0.1, 0.15) is 0 Å². The van der Waals surface area contributed by atoms with Gasteiger partial charge in [0.05, 0.1) is 24.8 Å². The van der Waals surface area contributed by atoms with E-state index in [0.717, 1.165) is 19.4 Å². The van der Waals surface area contributed by atoms with Crippen LogP contribution in [0.1, 0.15) is 19.8 Å². The van der Waals surface area contributed by atoms with Gasteiger partial charge in [0.25, 0.3) is 0 Å². The van der Waals surface area contributed by atoms with Crippen LogP contribution in [0.15, 0.2) is 0 Å². The molecule has 82 valence electrons. The first kappa shape index (κ1) is 11.4. The Bertz CT molecular complexity index is 198. The third-order valence-corrected chi connectivity index (χ3v) is 2.65. The van der Waals surface area contributed by atoms with Crippen molar-refractivity contribution in [1.82, 2.24) is 10.6 Å². The van der Waals surface area contributed by atoms with Gasteiger partial charge in [0.15, 0.2) is 0 Å². The highest BCUT2D eigenvalue weighted by Gasteiger charge is 2.36. The second-order valence-electron chi connectivity index (χ2n) is 3.90. The molecule has 0 aromatic carbocycles. The Kier molecular flexibility index (Phi) is 3.86. The van der Waals surface area contributed by atoms with E-state index < -0.39 is 11.6 Å². The van der Waals surface area contributed by atoms with Gasteiger partial charge in [-0.15, -0.1) is 0 Å². The summed E-state index contributed by atoms with van der Waals surface area (Å²) in [6.07, 6.45) is 1.77. The fourth-order valence-corrected chi connectivity index (χ4v) is 1.58. The number of nitrogens with one attached hydrogen (secondary N) is 2. The minimum absolute atomic E-state index is 0.150. The first-order valence-electron chi connectivity index (χ1n) is 4.90. The molecule has 1 rings (SSSR count). The van der Waals surface area contributed by atoms with Gasteiger partial charge >= 0.3 is 0 Å². The molecule has 4 N–H and O–H groups in total. The predicted octanol–water partition coefficient (Wildman–Crippen LogP) is -1.40. The summed E-state index contributed by atoms with van der Waals surface area (Å²) in [4.78, 5) is 11.7. The van der Waals surface area contributed by atoms with Crippen LogP contribution in [0.5, 0.6) is 0 Å². The van der Waals surface area contributed by atoms with E-state index in [1.165, 1.54) is 0 Å². The van der Waals surface area contributed by atoms with Crippen LogP contribution in [-0.4, -0.2) is 47.5 Å². The molecule has 0 radical (unpaired) electrons. The number of amides is 1. The average Bonchev–Trinajstić information content (AvgIpc) is 2.62. The molecule has 1 fully saturated rings. The maximum atomic E-state index is 11.7. The van der Waals surface area contributed by atoms with Gasteiger partial charge in [-0.2, -0.15) is 0 Å². The number of hydrogen-bond acceptors (Lipinski definition) is 4. The molecule has 14 heavy (non-hydrogen) atoms. The standard InChI is InChI=1S/C9H18N2O3/c1-9(3-2-4-10-9)8(14)11-7(5-12)6-13/h7,10,12-13H,2-6H2,1H3,(H,11,14). The van der Waals surface area contributed by atoms with Crippen molar-refractivity contribution in [2.45, 2.75) is 31.3 Å². The number of carbonyl (C=O) groups is 1. The van der Waals surface area contributed by atoms with Gasteiger partial charge in [0, 0.05) is 0 Å². The summed E-state index contributed by atoms with van der Waals surface area (Å²) < 4.78 is 0. The monoisotopic (exact) mass is 202 g/mol. The first-order valence-corrected chi connectivity index (χ1v) is 4.90. The topological polar surface area (TPSA) is 81.6 Å². The van der Waals surface area contributed by atoms with Crippen molar-refractivity contribution < 1.29 is 15.0 Å². The summed E-state index contributed by atoms with van der Waals surface area (Å²) in [6, 6.07) is -0.554. The molecule has 0 aliphatic carbocycles. The summed E-state index contributed by atoms with van der Waals surface area (Å²) >= 11 is 0. The molecule has 1 heterocycles. The van der Waals surface area contributed by atoms with Gasteiger partial charge in [-0.3, -0.25) is 4.79 Å². The highest BCUT2D eigenvalue weighted by molar-refractivity contribution is 5.86. The second-order valence-corrected chi connectivity index (χ2v) is 3.90. The fraction of sp³-hybridized carbons (Fsp3) is 0.889. The molecule has 1 amide bonds. The van der Waals surface area contributed by atoms with Gasteiger partial charge < -0.3 is 20.8 Å². The Hall–Kier alpha value is -0.650. The van der Waals surface area contributed by atoms with E-state index in [-0.39, 0.29) is 19.1 Å². The van der Waals surface area contributed by atoms with Crippen molar-refractivity contribution in [2.75, 3.05) is 19.8 Å². The zero-order valence-corrected chi connectivity index (χ0v) is 8.42. The Balaban J connectivity index is 2.48. The number of aliphatic hydroxyl groups is 2. The normalized spacial score (nSPS) is 26.9. The highest BCUT2D eigenvalue weighted by Crippen LogP contribution is 2.18. The summed E-state index contributed by atoms with van der Waals surface area (Å²) in [7, 11) is 0. The quantitative estimate of drug-likeness (QED) is 0.452. The predicted molar refractivity (Wildman–Crippen MR) is 51.7 cm³/mol. The van der Waals surface area contributed by atoms with Crippen LogP contribution in [0.3, 0.4) is 0 Å². The van der Waals surface area contributed by atoms with Crippen LogP contribution in [0.2, 0.25) is 0 Å². The van der Waals surface area contributed by atoms with Gasteiger partial charge in [0.2, 0.25) is 5.91 Å². The SMILES string of the molecule is CC1(C(=O)NC(CO)CO)CCCN1. The Labute approximate surface area is 83.5 Å². The summed E-state index contributed by atoms with van der Waals surface area (Å²) in [5.41, 5.74) is -0.539. The molecule has 0 bridgehead atoms. The molecular weight excluding hydrogens is 184 g/mol. The maximum absolute atomic E-state index is 11.7. The Morgan fingerprint density at radius 1 is 1.57 bits per heavy atom. The molecule has 5 heteroatoms. The zero-order chi connectivity index (χ0) is 10.6. The Morgan fingerprint density at radius 3 is 2.64 bits per heavy atom. The van der Waals surface area contributed by atoms with E-state index >= 15 is 0 Å². The fourth-order valence-electron chi connectivity index (χ4n) is 1.58. The summed E-state index contributed by atoms with van der Waals surface area (Å²) in [5.74, 6) is -0.150. The first-order chi connectivity index (χ1) is 6.62. The largest absolute Gasteiger partial charge is 0.394 e. The van der Waals surface area contributed by atoms with E-state index in [1.807, 2.05) is 6.92 Å². The lowest BCUT2D eigenvalue weighted by Gasteiger charge is -2.25. The molecule has 1 atom stereocenters. The number of aliphatic hydroxyl groups excluding tert-OH is 2. The van der Waals surface area contributed by atoms with Crippen molar-refractivity contribution in [2.24, 2.45) is 0 Å². The van der Waals surface area contributed by atoms with Crippen LogP contribution in [0, 0.1) is 0 Å². The zero-order valence-electron chi connectivity index (χ0n) is 8.42. The van der Waals surface area contributed by atoms with E-state index in [1.54, 1.807) is 0 Å². The third kappa shape index (κ3) is 2.43. The summed E-state index contributed by atoms with van der Waals surface area (Å²) in [6.45, 7) is 2.20. The molecule has 0 spiro atoms. The summed E-state index contributed by atoms with van der Waals surface area (Å²) in [5, 5.41) is 23.3. The van der Waals surface area contributed by atoms with Gasteiger partial charge in [-0.05, 0) is 26.3 Å². The van der Waals surface area contributed by atoms with Crippen molar-refractivity contribution >= 4 is 5.91 Å². The van der Waals surface area contributed by atoms with E-state index in [4.69, 9.17) is 10.2 Å². The molecule has 0 saturated carbocycles. The smallest absolute Gasteiger partial charge is 0.240 e. The minimum atomic E-state index is -0.554. The molecule has 5 nitrogen and oxygen atoms in total. The minimum Gasteiger partial charge on any atom is -0.394 e. The lowest BCUT2D eigenvalue weighted by Crippen LogP contribution is -2.55. The number of hydrogen-bond donors (Lipinski definition) is 4. The molecule has 1 saturated heterocycles. The number of carbonyl (C=O) groups excluding carboxylic acids is 1. The highest BCUT2D eigenvalue weighted by atomic mass is 16.3. The van der Waals surface area contributed by atoms with E-state index in [0.29, 0.717) is 0 Å².